The fraction of sp³-hybridized carbons (Fsp3) is 0.533. The Morgan fingerprint density at radius 2 is 2.50 bits per heavy atom. The average Bonchev–Trinajstić information content (AvgIpc) is 2.92. The lowest BCUT2D eigenvalue weighted by molar-refractivity contribution is -0.138. The molecule has 20 heavy (non-hydrogen) atoms. The van der Waals surface area contributed by atoms with Gasteiger partial charge in [0.05, 0.1) is 25.6 Å². The van der Waals surface area contributed by atoms with Gasteiger partial charge in [-0.2, -0.15) is 0 Å². The quantitative estimate of drug-likeness (QED) is 0.858. The van der Waals surface area contributed by atoms with E-state index < -0.39 is 0 Å². The first-order chi connectivity index (χ1) is 9.70. The third-order valence-corrected chi connectivity index (χ3v) is 4.19. The van der Waals surface area contributed by atoms with E-state index in [2.05, 4.69) is 11.8 Å². The maximum absolute atomic E-state index is 12.3. The van der Waals surface area contributed by atoms with Crippen molar-refractivity contribution in [3.8, 4) is 11.8 Å². The number of carbonyl (C=O) groups excluding carboxylic acids is 1. The van der Waals surface area contributed by atoms with Gasteiger partial charge < -0.3 is 15.4 Å². The number of amides is 1. The molecule has 0 radical (unpaired) electrons. The third-order valence-electron chi connectivity index (χ3n) is 3.27. The van der Waals surface area contributed by atoms with Gasteiger partial charge in [0.15, 0.2) is 0 Å². The molecule has 1 aromatic heterocycles. The second kappa shape index (κ2) is 7.44. The summed E-state index contributed by atoms with van der Waals surface area (Å²) < 4.78 is 5.38. The molecule has 4 nitrogen and oxygen atoms in total. The maximum Gasteiger partial charge on any atom is 0.228 e. The van der Waals surface area contributed by atoms with Gasteiger partial charge in [-0.1, -0.05) is 11.8 Å². The molecule has 2 heterocycles. The van der Waals surface area contributed by atoms with E-state index in [0.29, 0.717) is 19.7 Å². The molecule has 2 rings (SSSR count). The minimum atomic E-state index is 0.0187. The Kier molecular flexibility index (Phi) is 5.60. The lowest BCUT2D eigenvalue weighted by atomic mass is 10.0. The van der Waals surface area contributed by atoms with Crippen LogP contribution in [-0.4, -0.2) is 37.6 Å². The summed E-state index contributed by atoms with van der Waals surface area (Å²) in [5.74, 6) is 6.03. The summed E-state index contributed by atoms with van der Waals surface area (Å²) >= 11 is 1.62. The molecule has 108 valence electrons. The van der Waals surface area contributed by atoms with Crippen LogP contribution in [0.2, 0.25) is 0 Å². The number of nitrogens with zero attached hydrogens (tertiary/aromatic N) is 1. The largest absolute Gasteiger partial charge is 0.381 e. The molecule has 0 saturated carbocycles. The van der Waals surface area contributed by atoms with Crippen molar-refractivity contribution in [1.82, 2.24) is 4.90 Å². The summed E-state index contributed by atoms with van der Waals surface area (Å²) in [4.78, 5) is 15.2. The first-order valence-electron chi connectivity index (χ1n) is 6.79. The van der Waals surface area contributed by atoms with Crippen LogP contribution >= 0.6 is 11.3 Å². The number of thiophene rings is 1. The number of carbonyl (C=O) groups is 1. The summed E-state index contributed by atoms with van der Waals surface area (Å²) in [5, 5.41) is 2.00. The number of hydrogen-bond donors (Lipinski definition) is 1. The lowest BCUT2D eigenvalue weighted by Crippen LogP contribution is -2.36. The Morgan fingerprint density at radius 3 is 3.20 bits per heavy atom. The zero-order chi connectivity index (χ0) is 14.4. The normalized spacial score (nSPS) is 18.2. The van der Waals surface area contributed by atoms with Crippen molar-refractivity contribution in [1.29, 1.82) is 0 Å². The lowest BCUT2D eigenvalue weighted by Gasteiger charge is -2.26. The number of rotatable bonds is 3. The van der Waals surface area contributed by atoms with E-state index in [1.165, 1.54) is 0 Å². The molecule has 0 spiro atoms. The molecular weight excluding hydrogens is 272 g/mol. The van der Waals surface area contributed by atoms with Crippen molar-refractivity contribution in [3.63, 3.8) is 0 Å². The fourth-order valence-corrected chi connectivity index (χ4v) is 3.11. The molecule has 0 aliphatic carbocycles. The summed E-state index contributed by atoms with van der Waals surface area (Å²) in [7, 11) is 1.85. The van der Waals surface area contributed by atoms with Crippen LogP contribution in [0.3, 0.4) is 0 Å². The molecule has 5 heteroatoms. The molecule has 1 aliphatic rings. The monoisotopic (exact) mass is 292 g/mol. The summed E-state index contributed by atoms with van der Waals surface area (Å²) in [6.45, 7) is 2.33. The van der Waals surface area contributed by atoms with Gasteiger partial charge >= 0.3 is 0 Å². The highest BCUT2D eigenvalue weighted by Gasteiger charge is 2.24. The van der Waals surface area contributed by atoms with Gasteiger partial charge in [0, 0.05) is 29.5 Å². The van der Waals surface area contributed by atoms with Gasteiger partial charge in [0.2, 0.25) is 5.91 Å². The van der Waals surface area contributed by atoms with Crippen molar-refractivity contribution < 1.29 is 9.53 Å². The van der Waals surface area contributed by atoms with Crippen LogP contribution in [0.5, 0.6) is 0 Å². The van der Waals surface area contributed by atoms with Crippen LogP contribution in [0.15, 0.2) is 11.4 Å². The Bertz CT molecular complexity index is 509. The third kappa shape index (κ3) is 4.07. The Balaban J connectivity index is 1.91. The molecule has 1 amide bonds. The first kappa shape index (κ1) is 15.0. The van der Waals surface area contributed by atoms with Gasteiger partial charge in [0.25, 0.3) is 0 Å². The number of ether oxygens (including phenoxy) is 1. The number of nitrogens with two attached hydrogens (primary N) is 1. The molecule has 1 atom stereocenters. The smallest absolute Gasteiger partial charge is 0.228 e. The SMILES string of the molecule is CN(Cc1cc(C#CCN)cs1)C(=O)C1CCCOC1. The summed E-state index contributed by atoms with van der Waals surface area (Å²) in [6.07, 6.45) is 1.91. The van der Waals surface area contributed by atoms with E-state index in [-0.39, 0.29) is 11.8 Å². The van der Waals surface area contributed by atoms with Crippen molar-refractivity contribution in [3.05, 3.63) is 21.9 Å². The zero-order valence-corrected chi connectivity index (χ0v) is 12.5. The number of hydrogen-bond acceptors (Lipinski definition) is 4. The van der Waals surface area contributed by atoms with Gasteiger partial charge in [-0.25, -0.2) is 0 Å². The maximum atomic E-state index is 12.3. The minimum absolute atomic E-state index is 0.0187. The van der Waals surface area contributed by atoms with Crippen molar-refractivity contribution in [2.75, 3.05) is 26.8 Å². The molecule has 1 aromatic rings. The van der Waals surface area contributed by atoms with Crippen molar-refractivity contribution in [2.24, 2.45) is 11.7 Å². The highest BCUT2D eigenvalue weighted by molar-refractivity contribution is 7.10. The van der Waals surface area contributed by atoms with Gasteiger partial charge in [-0.05, 0) is 18.9 Å². The van der Waals surface area contributed by atoms with Crippen LogP contribution in [0.25, 0.3) is 0 Å². The molecule has 1 unspecified atom stereocenters. The van der Waals surface area contributed by atoms with E-state index in [1.54, 1.807) is 16.2 Å². The van der Waals surface area contributed by atoms with Crippen LogP contribution in [0.1, 0.15) is 23.3 Å². The molecular formula is C15H20N2O2S. The van der Waals surface area contributed by atoms with E-state index in [0.717, 1.165) is 29.9 Å². The Hall–Kier alpha value is -1.35. The van der Waals surface area contributed by atoms with E-state index in [1.807, 2.05) is 18.5 Å². The van der Waals surface area contributed by atoms with Gasteiger partial charge in [0.1, 0.15) is 0 Å². The Labute approximate surface area is 123 Å². The van der Waals surface area contributed by atoms with Crippen LogP contribution < -0.4 is 5.73 Å². The predicted molar refractivity (Wildman–Crippen MR) is 80.3 cm³/mol. The fourth-order valence-electron chi connectivity index (χ4n) is 2.24. The molecule has 1 saturated heterocycles. The van der Waals surface area contributed by atoms with Gasteiger partial charge in [-0.3, -0.25) is 4.79 Å². The van der Waals surface area contributed by atoms with E-state index in [4.69, 9.17) is 10.5 Å². The van der Waals surface area contributed by atoms with Crippen molar-refractivity contribution >= 4 is 17.2 Å². The van der Waals surface area contributed by atoms with E-state index in [9.17, 15) is 4.79 Å². The summed E-state index contributed by atoms with van der Waals surface area (Å²) in [5.41, 5.74) is 6.32. The molecule has 2 N–H and O–H groups in total. The topological polar surface area (TPSA) is 55.6 Å². The first-order valence-corrected chi connectivity index (χ1v) is 7.67. The molecule has 1 fully saturated rings. The molecule has 0 bridgehead atoms. The highest BCUT2D eigenvalue weighted by atomic mass is 32.1. The average molecular weight is 292 g/mol. The standard InChI is InChI=1S/C15H20N2O2S/c1-17(15(18)13-5-3-7-19-10-13)9-14-8-12(11-20-14)4-2-6-16/h8,11,13H,3,5-7,9-10,16H2,1H3. The second-order valence-corrected chi connectivity index (χ2v) is 5.91. The highest BCUT2D eigenvalue weighted by Crippen LogP contribution is 2.19. The van der Waals surface area contributed by atoms with Gasteiger partial charge in [-0.15, -0.1) is 11.3 Å². The van der Waals surface area contributed by atoms with Crippen molar-refractivity contribution in [2.45, 2.75) is 19.4 Å². The molecule has 0 aromatic carbocycles. The van der Waals surface area contributed by atoms with Crippen LogP contribution in [0, 0.1) is 17.8 Å². The predicted octanol–water partition coefficient (Wildman–Crippen LogP) is 1.44. The van der Waals surface area contributed by atoms with Crippen LogP contribution in [0.4, 0.5) is 0 Å². The van der Waals surface area contributed by atoms with E-state index >= 15 is 0 Å². The summed E-state index contributed by atoms with van der Waals surface area (Å²) in [6, 6.07) is 2.02. The Morgan fingerprint density at radius 1 is 1.65 bits per heavy atom. The second-order valence-electron chi connectivity index (χ2n) is 4.92. The van der Waals surface area contributed by atoms with Crippen LogP contribution in [-0.2, 0) is 16.1 Å². The molecule has 1 aliphatic heterocycles. The zero-order valence-electron chi connectivity index (χ0n) is 11.7. The minimum Gasteiger partial charge on any atom is -0.381 e.